The second-order valence-corrected chi connectivity index (χ2v) is 4.64. The van der Waals surface area contributed by atoms with Crippen LogP contribution in [0.3, 0.4) is 0 Å². The molecule has 0 saturated heterocycles. The highest BCUT2D eigenvalue weighted by Gasteiger charge is 2.52. The summed E-state index contributed by atoms with van der Waals surface area (Å²) in [4.78, 5) is 8.14. The molecule has 3 rings (SSSR count). The first kappa shape index (κ1) is 11.0. The number of aromatic nitrogens is 2. The molecule has 0 bridgehead atoms. The first-order chi connectivity index (χ1) is 7.69. The summed E-state index contributed by atoms with van der Waals surface area (Å²) in [5.41, 5.74) is 2.41. The van der Waals surface area contributed by atoms with Gasteiger partial charge in [0.1, 0.15) is 5.69 Å². The fourth-order valence-electron chi connectivity index (χ4n) is 1.63. The maximum Gasteiger partial charge on any atom is 0.153 e. The molecule has 0 radical (unpaired) electrons. The topological polar surface area (TPSA) is 61.7 Å². The molecule has 4 nitrogen and oxygen atoms in total. The van der Waals surface area contributed by atoms with E-state index in [4.69, 9.17) is 5.41 Å². The Morgan fingerprint density at radius 3 is 2.38 bits per heavy atom. The predicted octanol–water partition coefficient (Wildman–Crippen LogP) is 2.38. The van der Waals surface area contributed by atoms with Crippen molar-refractivity contribution in [1.29, 1.82) is 5.41 Å². The smallest absolute Gasteiger partial charge is 0.153 e. The van der Waals surface area contributed by atoms with Crippen molar-refractivity contribution < 1.29 is 0 Å². The van der Waals surface area contributed by atoms with Crippen LogP contribution in [0, 0.1) is 17.7 Å². The predicted molar refractivity (Wildman–Crippen MR) is 65.1 cm³/mol. The SMILES string of the molecule is C1CC12CC2.CNc1nc(C)cnc1C=N. The minimum absolute atomic E-state index is 0.568. The average molecular weight is 218 g/mol. The van der Waals surface area contributed by atoms with E-state index in [1.165, 1.54) is 6.21 Å². The lowest BCUT2D eigenvalue weighted by atomic mass is 10.4. The summed E-state index contributed by atoms with van der Waals surface area (Å²) >= 11 is 0. The van der Waals surface area contributed by atoms with E-state index >= 15 is 0 Å². The number of nitrogens with zero attached hydrogens (tertiary/aromatic N) is 2. The van der Waals surface area contributed by atoms with Gasteiger partial charge in [-0.05, 0) is 38.0 Å². The van der Waals surface area contributed by atoms with Crippen LogP contribution in [0.5, 0.6) is 0 Å². The van der Waals surface area contributed by atoms with Crippen molar-refractivity contribution in [3.63, 3.8) is 0 Å². The van der Waals surface area contributed by atoms with Crippen LogP contribution in [0.4, 0.5) is 5.82 Å². The van der Waals surface area contributed by atoms with E-state index in [9.17, 15) is 0 Å². The standard InChI is InChI=1S/C7H10N4.C5H8/c1-5-4-10-6(3-8)7(9-2)11-5;1-2-5(1)3-4-5/h3-4,8H,1-2H3,(H,9,11);1-4H2. The number of aryl methyl sites for hydroxylation is 1. The van der Waals surface area contributed by atoms with E-state index in [1.54, 1.807) is 38.9 Å². The van der Waals surface area contributed by atoms with Crippen molar-refractivity contribution in [3.05, 3.63) is 17.6 Å². The summed E-state index contributed by atoms with van der Waals surface area (Å²) in [5, 5.41) is 9.85. The second-order valence-electron chi connectivity index (χ2n) is 4.64. The summed E-state index contributed by atoms with van der Waals surface area (Å²) in [6.07, 6.45) is 9.07. The molecular weight excluding hydrogens is 200 g/mol. The second kappa shape index (κ2) is 4.20. The van der Waals surface area contributed by atoms with Gasteiger partial charge in [-0.2, -0.15) is 0 Å². The number of rotatable bonds is 2. The molecule has 0 unspecified atom stereocenters. The van der Waals surface area contributed by atoms with Gasteiger partial charge in [-0.1, -0.05) is 0 Å². The Hall–Kier alpha value is -1.45. The van der Waals surface area contributed by atoms with Gasteiger partial charge in [0.15, 0.2) is 5.82 Å². The van der Waals surface area contributed by atoms with Crippen molar-refractivity contribution >= 4 is 12.0 Å². The third-order valence-electron chi connectivity index (χ3n) is 3.21. The van der Waals surface area contributed by atoms with E-state index in [-0.39, 0.29) is 0 Å². The van der Waals surface area contributed by atoms with Gasteiger partial charge in [0.05, 0.1) is 5.69 Å². The quantitative estimate of drug-likeness (QED) is 0.749. The molecule has 1 aromatic rings. The molecule has 0 aliphatic heterocycles. The molecule has 0 amide bonds. The monoisotopic (exact) mass is 218 g/mol. The largest absolute Gasteiger partial charge is 0.371 e. The number of anilines is 1. The number of hydrogen-bond donors (Lipinski definition) is 2. The highest BCUT2D eigenvalue weighted by Crippen LogP contribution is 2.65. The molecule has 16 heavy (non-hydrogen) atoms. The first-order valence-corrected chi connectivity index (χ1v) is 5.71. The van der Waals surface area contributed by atoms with Gasteiger partial charge in [-0.15, -0.1) is 0 Å². The average Bonchev–Trinajstić information content (AvgIpc) is 3.22. The minimum Gasteiger partial charge on any atom is -0.371 e. The Bertz CT molecular complexity index is 378. The molecule has 2 fully saturated rings. The van der Waals surface area contributed by atoms with E-state index in [0.29, 0.717) is 11.5 Å². The summed E-state index contributed by atoms with van der Waals surface area (Å²) in [6, 6.07) is 0. The Kier molecular flexibility index (Phi) is 2.90. The van der Waals surface area contributed by atoms with Crippen molar-refractivity contribution in [2.75, 3.05) is 12.4 Å². The van der Waals surface area contributed by atoms with Gasteiger partial charge in [-0.25, -0.2) is 9.97 Å². The van der Waals surface area contributed by atoms with Gasteiger partial charge < -0.3 is 10.7 Å². The molecule has 1 spiro atoms. The zero-order valence-electron chi connectivity index (χ0n) is 9.88. The van der Waals surface area contributed by atoms with Gasteiger partial charge >= 0.3 is 0 Å². The fourth-order valence-corrected chi connectivity index (χ4v) is 1.63. The molecule has 86 valence electrons. The summed E-state index contributed by atoms with van der Waals surface area (Å²) in [6.45, 7) is 1.86. The van der Waals surface area contributed by atoms with Crippen molar-refractivity contribution in [2.24, 2.45) is 5.41 Å². The molecule has 2 aliphatic rings. The zero-order chi connectivity index (χ0) is 11.6. The summed E-state index contributed by atoms with van der Waals surface area (Å²) in [5.74, 6) is 0.653. The van der Waals surface area contributed by atoms with Gasteiger partial charge in [-0.3, -0.25) is 0 Å². The fraction of sp³-hybridized carbons (Fsp3) is 0.583. The van der Waals surface area contributed by atoms with Crippen LogP contribution < -0.4 is 5.32 Å². The Morgan fingerprint density at radius 2 is 2.00 bits per heavy atom. The molecule has 0 atom stereocenters. The van der Waals surface area contributed by atoms with Crippen LogP contribution >= 0.6 is 0 Å². The van der Waals surface area contributed by atoms with E-state index in [0.717, 1.165) is 11.1 Å². The van der Waals surface area contributed by atoms with Crippen LogP contribution in [0.25, 0.3) is 0 Å². The normalized spacial score (nSPS) is 18.4. The number of nitrogens with one attached hydrogen (secondary N) is 2. The van der Waals surface area contributed by atoms with Gasteiger partial charge in [0.2, 0.25) is 0 Å². The molecule has 1 heterocycles. The highest BCUT2D eigenvalue weighted by atomic mass is 15.0. The third kappa shape index (κ3) is 2.56. The molecule has 0 aromatic carbocycles. The molecular formula is C12H18N4. The molecule has 2 saturated carbocycles. The van der Waals surface area contributed by atoms with E-state index < -0.39 is 0 Å². The Balaban J connectivity index is 0.000000156. The lowest BCUT2D eigenvalue weighted by molar-refractivity contribution is 0.898. The first-order valence-electron chi connectivity index (χ1n) is 5.71. The summed E-state index contributed by atoms with van der Waals surface area (Å²) < 4.78 is 0. The van der Waals surface area contributed by atoms with Crippen molar-refractivity contribution in [1.82, 2.24) is 9.97 Å². The number of hydrogen-bond acceptors (Lipinski definition) is 4. The maximum atomic E-state index is 6.99. The van der Waals surface area contributed by atoms with Crippen molar-refractivity contribution in [3.8, 4) is 0 Å². The van der Waals surface area contributed by atoms with Crippen molar-refractivity contribution in [2.45, 2.75) is 32.6 Å². The summed E-state index contributed by atoms with van der Waals surface area (Å²) in [7, 11) is 1.76. The lowest BCUT2D eigenvalue weighted by Gasteiger charge is -2.02. The molecule has 4 heteroatoms. The lowest BCUT2D eigenvalue weighted by Crippen LogP contribution is -2.01. The zero-order valence-corrected chi connectivity index (χ0v) is 9.88. The molecule has 2 N–H and O–H groups in total. The van der Waals surface area contributed by atoms with Crippen LogP contribution in [-0.4, -0.2) is 23.2 Å². The molecule has 2 aliphatic carbocycles. The third-order valence-corrected chi connectivity index (χ3v) is 3.21. The van der Waals surface area contributed by atoms with Gasteiger partial charge in [0, 0.05) is 19.5 Å². The van der Waals surface area contributed by atoms with E-state index in [1.807, 2.05) is 6.92 Å². The van der Waals surface area contributed by atoms with Crippen LogP contribution in [0.15, 0.2) is 6.20 Å². The molecule has 1 aromatic heterocycles. The van der Waals surface area contributed by atoms with Crippen LogP contribution in [0.2, 0.25) is 0 Å². The van der Waals surface area contributed by atoms with Crippen LogP contribution in [-0.2, 0) is 0 Å². The van der Waals surface area contributed by atoms with E-state index in [2.05, 4.69) is 15.3 Å². The van der Waals surface area contributed by atoms with Gasteiger partial charge in [0.25, 0.3) is 0 Å². The minimum atomic E-state index is 0.568. The maximum absolute atomic E-state index is 6.99. The highest BCUT2D eigenvalue weighted by molar-refractivity contribution is 5.81. The Labute approximate surface area is 96.0 Å². The van der Waals surface area contributed by atoms with Crippen LogP contribution in [0.1, 0.15) is 37.1 Å². The Morgan fingerprint density at radius 1 is 1.38 bits per heavy atom.